The van der Waals surface area contributed by atoms with Crippen molar-refractivity contribution in [2.45, 2.75) is 32.0 Å². The van der Waals surface area contributed by atoms with Crippen LogP contribution in [-0.2, 0) is 22.7 Å². The van der Waals surface area contributed by atoms with E-state index in [0.29, 0.717) is 31.7 Å². The molecular weight excluding hydrogens is 396 g/mol. The fourth-order valence-electron chi connectivity index (χ4n) is 3.98. The first-order valence-electron chi connectivity index (χ1n) is 10.4. The molecule has 2 heterocycles. The summed E-state index contributed by atoms with van der Waals surface area (Å²) in [6.07, 6.45) is 0.607. The maximum Gasteiger partial charge on any atom is 0.255 e. The predicted molar refractivity (Wildman–Crippen MR) is 116 cm³/mol. The number of amides is 3. The molecule has 0 radical (unpaired) electrons. The number of piperidine rings is 1. The van der Waals surface area contributed by atoms with Crippen LogP contribution in [0.5, 0.6) is 5.75 Å². The van der Waals surface area contributed by atoms with Crippen molar-refractivity contribution in [2.75, 3.05) is 25.5 Å². The highest BCUT2D eigenvalue weighted by atomic mass is 16.5. The van der Waals surface area contributed by atoms with Gasteiger partial charge in [0.05, 0.1) is 0 Å². The quantitative estimate of drug-likeness (QED) is 0.442. The van der Waals surface area contributed by atoms with E-state index < -0.39 is 11.9 Å². The van der Waals surface area contributed by atoms with Gasteiger partial charge >= 0.3 is 0 Å². The summed E-state index contributed by atoms with van der Waals surface area (Å²) in [5.41, 5.74) is 3.47. The molecule has 31 heavy (non-hydrogen) atoms. The first-order chi connectivity index (χ1) is 15.1. The number of hydrogen-bond acceptors (Lipinski definition) is 6. The SMILES string of the molecule is CNCCOc1cccc(NCc2cccc3c2CN(C2CCC(=O)NC2=O)C3=O)c1. The number of benzene rings is 2. The molecule has 162 valence electrons. The summed E-state index contributed by atoms with van der Waals surface area (Å²) in [4.78, 5) is 38.2. The van der Waals surface area contributed by atoms with Crippen molar-refractivity contribution in [3.63, 3.8) is 0 Å². The fourth-order valence-corrected chi connectivity index (χ4v) is 3.98. The number of nitrogens with zero attached hydrogens (tertiary/aromatic N) is 1. The van der Waals surface area contributed by atoms with E-state index in [1.807, 2.05) is 43.4 Å². The van der Waals surface area contributed by atoms with Crippen LogP contribution in [0.2, 0.25) is 0 Å². The van der Waals surface area contributed by atoms with Crippen LogP contribution >= 0.6 is 0 Å². The molecule has 3 N–H and O–H groups in total. The maximum absolute atomic E-state index is 12.9. The van der Waals surface area contributed by atoms with Gasteiger partial charge in [-0.25, -0.2) is 0 Å². The number of nitrogens with one attached hydrogen (secondary N) is 3. The maximum atomic E-state index is 12.9. The Morgan fingerprint density at radius 1 is 1.16 bits per heavy atom. The Labute approximate surface area is 180 Å². The Bertz CT molecular complexity index is 1010. The van der Waals surface area contributed by atoms with Crippen LogP contribution in [0.15, 0.2) is 42.5 Å². The molecule has 0 spiro atoms. The average Bonchev–Trinajstić information content (AvgIpc) is 3.10. The van der Waals surface area contributed by atoms with Crippen molar-refractivity contribution in [1.82, 2.24) is 15.5 Å². The van der Waals surface area contributed by atoms with Gasteiger partial charge < -0.3 is 20.3 Å². The first-order valence-corrected chi connectivity index (χ1v) is 10.4. The largest absolute Gasteiger partial charge is 0.492 e. The van der Waals surface area contributed by atoms with E-state index >= 15 is 0 Å². The van der Waals surface area contributed by atoms with Gasteiger partial charge in [0.25, 0.3) is 5.91 Å². The minimum absolute atomic E-state index is 0.161. The number of hydrogen-bond donors (Lipinski definition) is 3. The minimum atomic E-state index is -0.607. The zero-order valence-corrected chi connectivity index (χ0v) is 17.4. The number of anilines is 1. The van der Waals surface area contributed by atoms with E-state index in [2.05, 4.69) is 16.0 Å². The van der Waals surface area contributed by atoms with Crippen molar-refractivity contribution < 1.29 is 19.1 Å². The van der Waals surface area contributed by atoms with Crippen LogP contribution < -0.4 is 20.7 Å². The number of rotatable bonds is 8. The Morgan fingerprint density at radius 2 is 2.00 bits per heavy atom. The molecule has 1 saturated heterocycles. The molecule has 0 bridgehead atoms. The second-order valence-corrected chi connectivity index (χ2v) is 7.68. The molecule has 2 aliphatic rings. The third-order valence-corrected chi connectivity index (χ3v) is 5.62. The number of likely N-dealkylation sites (N-methyl/N-ethyl adjacent to an activating group) is 1. The standard InChI is InChI=1S/C23H26N4O4/c1-24-10-11-31-17-6-3-5-16(12-17)25-13-15-4-2-7-18-19(15)14-27(23(18)30)20-8-9-21(28)26-22(20)29/h2-7,12,20,24-25H,8-11,13-14H2,1H3,(H,26,28,29). The van der Waals surface area contributed by atoms with Crippen molar-refractivity contribution >= 4 is 23.4 Å². The molecule has 3 amide bonds. The summed E-state index contributed by atoms with van der Waals surface area (Å²) in [5.74, 6) is -0.0522. The lowest BCUT2D eigenvalue weighted by Crippen LogP contribution is -2.52. The molecule has 1 fully saturated rings. The minimum Gasteiger partial charge on any atom is -0.492 e. The Kier molecular flexibility index (Phi) is 6.18. The summed E-state index contributed by atoms with van der Waals surface area (Å²) in [6, 6.07) is 12.8. The monoisotopic (exact) mass is 422 g/mol. The van der Waals surface area contributed by atoms with E-state index in [0.717, 1.165) is 29.1 Å². The zero-order chi connectivity index (χ0) is 21.8. The number of carbonyl (C=O) groups excluding carboxylic acids is 3. The molecule has 8 heteroatoms. The average molecular weight is 422 g/mol. The van der Waals surface area contributed by atoms with Gasteiger partial charge in [0.1, 0.15) is 18.4 Å². The molecule has 0 aromatic heterocycles. The lowest BCUT2D eigenvalue weighted by Gasteiger charge is -2.29. The van der Waals surface area contributed by atoms with Crippen LogP contribution in [0.3, 0.4) is 0 Å². The van der Waals surface area contributed by atoms with E-state index in [1.165, 1.54) is 0 Å². The highest BCUT2D eigenvalue weighted by Crippen LogP contribution is 2.30. The summed E-state index contributed by atoms with van der Waals surface area (Å²) in [5, 5.41) is 8.78. The van der Waals surface area contributed by atoms with Gasteiger partial charge in [0.2, 0.25) is 11.8 Å². The molecule has 4 rings (SSSR count). The second-order valence-electron chi connectivity index (χ2n) is 7.68. The number of ether oxygens (including phenoxy) is 1. The topological polar surface area (TPSA) is 99.8 Å². The van der Waals surface area contributed by atoms with Crippen LogP contribution in [0.25, 0.3) is 0 Å². The van der Waals surface area contributed by atoms with E-state index in [9.17, 15) is 14.4 Å². The molecule has 1 atom stereocenters. The van der Waals surface area contributed by atoms with E-state index in [4.69, 9.17) is 4.74 Å². The molecule has 2 aromatic carbocycles. The zero-order valence-electron chi connectivity index (χ0n) is 17.4. The van der Waals surface area contributed by atoms with Crippen molar-refractivity contribution in [3.8, 4) is 5.75 Å². The molecule has 2 aromatic rings. The first kappa shape index (κ1) is 20.9. The molecule has 8 nitrogen and oxygen atoms in total. The molecule has 0 saturated carbocycles. The third-order valence-electron chi connectivity index (χ3n) is 5.62. The van der Waals surface area contributed by atoms with E-state index in [1.54, 1.807) is 11.0 Å². The van der Waals surface area contributed by atoms with E-state index in [-0.39, 0.29) is 18.2 Å². The van der Waals surface area contributed by atoms with Crippen molar-refractivity contribution in [3.05, 3.63) is 59.2 Å². The van der Waals surface area contributed by atoms with Crippen molar-refractivity contribution in [2.24, 2.45) is 0 Å². The third kappa shape index (κ3) is 4.54. The van der Waals surface area contributed by atoms with Gasteiger partial charge in [-0.2, -0.15) is 0 Å². The highest BCUT2D eigenvalue weighted by Gasteiger charge is 2.39. The summed E-state index contributed by atoms with van der Waals surface area (Å²) >= 11 is 0. The second kappa shape index (κ2) is 9.18. The van der Waals surface area contributed by atoms with Crippen LogP contribution in [0, 0.1) is 0 Å². The molecular formula is C23H26N4O4. The Morgan fingerprint density at radius 3 is 2.81 bits per heavy atom. The number of fused-ring (bicyclic) bond motifs is 1. The van der Waals surface area contributed by atoms with Gasteiger partial charge in [-0.1, -0.05) is 18.2 Å². The lowest BCUT2D eigenvalue weighted by molar-refractivity contribution is -0.136. The van der Waals surface area contributed by atoms with Gasteiger partial charge in [0.15, 0.2) is 0 Å². The van der Waals surface area contributed by atoms with Gasteiger partial charge in [-0.3, -0.25) is 19.7 Å². The van der Waals surface area contributed by atoms with Crippen molar-refractivity contribution in [1.29, 1.82) is 0 Å². The molecule has 2 aliphatic heterocycles. The summed E-state index contributed by atoms with van der Waals surface area (Å²) in [7, 11) is 1.88. The van der Waals surface area contributed by atoms with Gasteiger partial charge in [-0.05, 0) is 42.8 Å². The van der Waals surface area contributed by atoms with Gasteiger partial charge in [-0.15, -0.1) is 0 Å². The van der Waals surface area contributed by atoms with Crippen LogP contribution in [-0.4, -0.2) is 48.9 Å². The van der Waals surface area contributed by atoms with Crippen LogP contribution in [0.1, 0.15) is 34.3 Å². The smallest absolute Gasteiger partial charge is 0.255 e. The predicted octanol–water partition coefficient (Wildman–Crippen LogP) is 1.66. The van der Waals surface area contributed by atoms with Crippen LogP contribution in [0.4, 0.5) is 5.69 Å². The number of imide groups is 1. The Hall–Kier alpha value is -3.39. The number of carbonyl (C=O) groups is 3. The fraction of sp³-hybridized carbons (Fsp3) is 0.348. The molecule has 1 unspecified atom stereocenters. The lowest BCUT2D eigenvalue weighted by atomic mass is 10.0. The summed E-state index contributed by atoms with van der Waals surface area (Å²) < 4.78 is 5.71. The highest BCUT2D eigenvalue weighted by molar-refractivity contribution is 6.05. The summed E-state index contributed by atoms with van der Waals surface area (Å²) in [6.45, 7) is 2.26. The molecule has 0 aliphatic carbocycles. The normalized spacial score (nSPS) is 18.0. The van der Waals surface area contributed by atoms with Gasteiger partial charge in [0, 0.05) is 43.4 Å². The Balaban J connectivity index is 1.45.